The first kappa shape index (κ1) is 7.55. The SMILES string of the molecule is CCOc1ccnc2sccc12. The molecule has 0 N–H and O–H groups in total. The van der Waals surface area contributed by atoms with Crippen molar-refractivity contribution in [3.63, 3.8) is 0 Å². The minimum absolute atomic E-state index is 0.703. The van der Waals surface area contributed by atoms with Crippen LogP contribution in [0.3, 0.4) is 0 Å². The zero-order valence-electron chi connectivity index (χ0n) is 6.78. The Morgan fingerprint density at radius 3 is 3.25 bits per heavy atom. The molecule has 0 aliphatic heterocycles. The summed E-state index contributed by atoms with van der Waals surface area (Å²) in [6.45, 7) is 2.69. The molecular formula is C9H9NOS. The maximum Gasteiger partial charge on any atom is 0.131 e. The lowest BCUT2D eigenvalue weighted by molar-refractivity contribution is 0.344. The van der Waals surface area contributed by atoms with Crippen molar-refractivity contribution in [2.24, 2.45) is 0 Å². The minimum Gasteiger partial charge on any atom is -0.493 e. The number of ether oxygens (including phenoxy) is 1. The highest BCUT2D eigenvalue weighted by molar-refractivity contribution is 7.16. The molecule has 0 bridgehead atoms. The van der Waals surface area contributed by atoms with Crippen LogP contribution >= 0.6 is 11.3 Å². The van der Waals surface area contributed by atoms with Crippen LogP contribution in [0.15, 0.2) is 23.7 Å². The van der Waals surface area contributed by atoms with E-state index in [0.717, 1.165) is 16.0 Å². The summed E-state index contributed by atoms with van der Waals surface area (Å²) in [5, 5.41) is 3.14. The normalized spacial score (nSPS) is 10.4. The molecule has 62 valence electrons. The van der Waals surface area contributed by atoms with Crippen LogP contribution in [0.4, 0.5) is 0 Å². The summed E-state index contributed by atoms with van der Waals surface area (Å²) in [7, 11) is 0. The van der Waals surface area contributed by atoms with Gasteiger partial charge < -0.3 is 4.74 Å². The molecule has 0 aliphatic carbocycles. The van der Waals surface area contributed by atoms with Gasteiger partial charge in [0.1, 0.15) is 10.6 Å². The number of nitrogens with zero attached hydrogens (tertiary/aromatic N) is 1. The smallest absolute Gasteiger partial charge is 0.131 e. The molecule has 12 heavy (non-hydrogen) atoms. The Hall–Kier alpha value is -1.09. The predicted octanol–water partition coefficient (Wildman–Crippen LogP) is 2.70. The van der Waals surface area contributed by atoms with Crippen LogP contribution < -0.4 is 4.74 Å². The highest BCUT2D eigenvalue weighted by atomic mass is 32.1. The maximum absolute atomic E-state index is 5.44. The molecule has 0 aromatic carbocycles. The summed E-state index contributed by atoms with van der Waals surface area (Å²) in [5.41, 5.74) is 0. The lowest BCUT2D eigenvalue weighted by Gasteiger charge is -2.02. The molecule has 0 radical (unpaired) electrons. The average molecular weight is 179 g/mol. The van der Waals surface area contributed by atoms with Crippen molar-refractivity contribution in [3.8, 4) is 5.75 Å². The average Bonchev–Trinajstić information content (AvgIpc) is 2.53. The summed E-state index contributed by atoms with van der Waals surface area (Å²) in [6, 6.07) is 3.94. The van der Waals surface area contributed by atoms with Gasteiger partial charge in [0.25, 0.3) is 0 Å². The number of thiophene rings is 1. The third-order valence-corrected chi connectivity index (χ3v) is 2.45. The van der Waals surface area contributed by atoms with Gasteiger partial charge in [0.2, 0.25) is 0 Å². The van der Waals surface area contributed by atoms with Gasteiger partial charge >= 0.3 is 0 Å². The summed E-state index contributed by atoms with van der Waals surface area (Å²) in [5.74, 6) is 0.934. The monoisotopic (exact) mass is 179 g/mol. The predicted molar refractivity (Wildman–Crippen MR) is 50.8 cm³/mol. The Morgan fingerprint density at radius 2 is 2.42 bits per heavy atom. The van der Waals surface area contributed by atoms with Gasteiger partial charge in [-0.05, 0) is 24.4 Å². The molecule has 0 unspecified atom stereocenters. The number of fused-ring (bicyclic) bond motifs is 1. The first-order valence-corrected chi connectivity index (χ1v) is 4.75. The third-order valence-electron chi connectivity index (χ3n) is 1.63. The second kappa shape index (κ2) is 3.11. The molecule has 0 amide bonds. The quantitative estimate of drug-likeness (QED) is 0.707. The highest BCUT2D eigenvalue weighted by Crippen LogP contribution is 2.27. The second-order valence-corrected chi connectivity index (χ2v) is 3.28. The van der Waals surface area contributed by atoms with Gasteiger partial charge in [-0.2, -0.15) is 0 Å². The van der Waals surface area contributed by atoms with Gasteiger partial charge in [-0.15, -0.1) is 11.3 Å². The fraction of sp³-hybridized carbons (Fsp3) is 0.222. The molecule has 2 aromatic rings. The van der Waals surface area contributed by atoms with E-state index < -0.39 is 0 Å². The Labute approximate surface area is 74.8 Å². The molecule has 0 aliphatic rings. The van der Waals surface area contributed by atoms with Crippen molar-refractivity contribution in [2.75, 3.05) is 6.61 Å². The lowest BCUT2D eigenvalue weighted by Crippen LogP contribution is -1.91. The number of rotatable bonds is 2. The number of aromatic nitrogens is 1. The highest BCUT2D eigenvalue weighted by Gasteiger charge is 2.01. The van der Waals surface area contributed by atoms with E-state index in [4.69, 9.17) is 4.74 Å². The molecule has 2 nitrogen and oxygen atoms in total. The van der Waals surface area contributed by atoms with Crippen LogP contribution in [0, 0.1) is 0 Å². The van der Waals surface area contributed by atoms with E-state index in [2.05, 4.69) is 4.98 Å². The van der Waals surface area contributed by atoms with Crippen LogP contribution in [0.25, 0.3) is 10.2 Å². The molecule has 0 fully saturated rings. The van der Waals surface area contributed by atoms with Crippen molar-refractivity contribution in [2.45, 2.75) is 6.92 Å². The third kappa shape index (κ3) is 1.16. The molecular weight excluding hydrogens is 170 g/mol. The zero-order chi connectivity index (χ0) is 8.39. The fourth-order valence-corrected chi connectivity index (χ4v) is 1.88. The molecule has 2 heterocycles. The van der Waals surface area contributed by atoms with Crippen LogP contribution in [0.1, 0.15) is 6.92 Å². The summed E-state index contributed by atoms with van der Waals surface area (Å²) >= 11 is 1.64. The van der Waals surface area contributed by atoms with E-state index in [1.165, 1.54) is 0 Å². The van der Waals surface area contributed by atoms with E-state index >= 15 is 0 Å². The summed E-state index contributed by atoms with van der Waals surface area (Å²) < 4.78 is 5.44. The summed E-state index contributed by atoms with van der Waals surface area (Å²) in [4.78, 5) is 5.27. The van der Waals surface area contributed by atoms with Crippen molar-refractivity contribution < 1.29 is 4.74 Å². The minimum atomic E-state index is 0.703. The van der Waals surface area contributed by atoms with Crippen LogP contribution in [0.5, 0.6) is 5.75 Å². The van der Waals surface area contributed by atoms with E-state index in [1.54, 1.807) is 17.5 Å². The van der Waals surface area contributed by atoms with Crippen molar-refractivity contribution in [1.29, 1.82) is 0 Å². The van der Waals surface area contributed by atoms with E-state index in [-0.39, 0.29) is 0 Å². The Kier molecular flexibility index (Phi) is 1.96. The first-order chi connectivity index (χ1) is 5.92. The van der Waals surface area contributed by atoms with E-state index in [0.29, 0.717) is 6.61 Å². The van der Waals surface area contributed by atoms with Gasteiger partial charge in [-0.25, -0.2) is 4.98 Å². The van der Waals surface area contributed by atoms with E-state index in [1.807, 2.05) is 24.4 Å². The van der Waals surface area contributed by atoms with Crippen molar-refractivity contribution in [1.82, 2.24) is 4.98 Å². The van der Waals surface area contributed by atoms with Crippen LogP contribution in [-0.4, -0.2) is 11.6 Å². The molecule has 0 spiro atoms. The second-order valence-electron chi connectivity index (χ2n) is 2.38. The Balaban J connectivity index is 2.57. The Morgan fingerprint density at radius 1 is 1.50 bits per heavy atom. The molecule has 3 heteroatoms. The number of pyridine rings is 1. The van der Waals surface area contributed by atoms with Gasteiger partial charge in [-0.1, -0.05) is 0 Å². The van der Waals surface area contributed by atoms with Gasteiger partial charge in [0.15, 0.2) is 0 Å². The number of hydrogen-bond donors (Lipinski definition) is 0. The van der Waals surface area contributed by atoms with Gasteiger partial charge in [0, 0.05) is 6.20 Å². The van der Waals surface area contributed by atoms with Crippen molar-refractivity contribution in [3.05, 3.63) is 23.7 Å². The summed E-state index contributed by atoms with van der Waals surface area (Å²) in [6.07, 6.45) is 1.78. The van der Waals surface area contributed by atoms with Crippen molar-refractivity contribution >= 4 is 21.6 Å². The van der Waals surface area contributed by atoms with Crippen LogP contribution in [-0.2, 0) is 0 Å². The molecule has 2 aromatic heterocycles. The molecule has 2 rings (SSSR count). The maximum atomic E-state index is 5.44. The molecule has 0 saturated carbocycles. The number of hydrogen-bond acceptors (Lipinski definition) is 3. The molecule has 0 saturated heterocycles. The van der Waals surface area contributed by atoms with E-state index in [9.17, 15) is 0 Å². The topological polar surface area (TPSA) is 22.1 Å². The Bertz CT molecular complexity index is 383. The fourth-order valence-electron chi connectivity index (χ4n) is 1.13. The first-order valence-electron chi connectivity index (χ1n) is 3.87. The lowest BCUT2D eigenvalue weighted by atomic mass is 10.3. The molecule has 0 atom stereocenters. The van der Waals surface area contributed by atoms with Gasteiger partial charge in [-0.3, -0.25) is 0 Å². The standard InChI is InChI=1S/C9H9NOS/c1-2-11-8-3-5-10-9-7(8)4-6-12-9/h3-6H,2H2,1H3. The zero-order valence-corrected chi connectivity index (χ0v) is 7.60. The largest absolute Gasteiger partial charge is 0.493 e. The van der Waals surface area contributed by atoms with Gasteiger partial charge in [0.05, 0.1) is 12.0 Å². The van der Waals surface area contributed by atoms with Crippen LogP contribution in [0.2, 0.25) is 0 Å².